The molecular formula is C8H19BrN2O2S. The minimum Gasteiger partial charge on any atom is -0.195 e. The molecule has 0 fully saturated rings. The van der Waals surface area contributed by atoms with Crippen LogP contribution >= 0.6 is 15.9 Å². The van der Waals surface area contributed by atoms with E-state index in [-0.39, 0.29) is 12.1 Å². The maximum Gasteiger partial charge on any atom is 0.281 e. The van der Waals surface area contributed by atoms with Crippen molar-refractivity contribution in [2.45, 2.75) is 32.9 Å². The molecule has 0 spiro atoms. The van der Waals surface area contributed by atoms with Crippen molar-refractivity contribution in [3.63, 3.8) is 0 Å². The molecular weight excluding hydrogens is 268 g/mol. The van der Waals surface area contributed by atoms with E-state index in [4.69, 9.17) is 0 Å². The SMILES string of the molecule is CC(C)N(C)S(=O)(=O)N(C)C(C)CBr. The van der Waals surface area contributed by atoms with Gasteiger partial charge in [0, 0.05) is 31.5 Å². The number of hydrogen-bond acceptors (Lipinski definition) is 2. The monoisotopic (exact) mass is 286 g/mol. The van der Waals surface area contributed by atoms with Crippen LogP contribution in [0.4, 0.5) is 0 Å². The molecule has 0 radical (unpaired) electrons. The third-order valence-corrected chi connectivity index (χ3v) is 5.47. The molecule has 4 nitrogen and oxygen atoms in total. The van der Waals surface area contributed by atoms with Crippen LogP contribution in [0.5, 0.6) is 0 Å². The maximum atomic E-state index is 11.9. The molecule has 0 saturated heterocycles. The first-order valence-corrected chi connectivity index (χ1v) is 7.04. The third kappa shape index (κ3) is 3.18. The second kappa shape index (κ2) is 5.44. The largest absolute Gasteiger partial charge is 0.281 e. The van der Waals surface area contributed by atoms with Crippen LogP contribution in [0.1, 0.15) is 20.8 Å². The van der Waals surface area contributed by atoms with Crippen LogP contribution in [0.25, 0.3) is 0 Å². The lowest BCUT2D eigenvalue weighted by molar-refractivity contribution is 0.336. The van der Waals surface area contributed by atoms with Crippen molar-refractivity contribution in [3.05, 3.63) is 0 Å². The Hall–Kier alpha value is 0.350. The van der Waals surface area contributed by atoms with Crippen LogP contribution in [-0.4, -0.2) is 48.5 Å². The molecule has 0 N–H and O–H groups in total. The van der Waals surface area contributed by atoms with Crippen molar-refractivity contribution < 1.29 is 8.42 Å². The molecule has 86 valence electrons. The predicted molar refractivity (Wildman–Crippen MR) is 62.8 cm³/mol. The molecule has 1 unspecified atom stereocenters. The summed E-state index contributed by atoms with van der Waals surface area (Å²) in [5.74, 6) is 0. The molecule has 0 bridgehead atoms. The summed E-state index contributed by atoms with van der Waals surface area (Å²) in [6.45, 7) is 5.56. The first-order valence-electron chi connectivity index (χ1n) is 4.52. The Kier molecular flexibility index (Phi) is 5.57. The van der Waals surface area contributed by atoms with Gasteiger partial charge in [-0.25, -0.2) is 0 Å². The minimum atomic E-state index is -3.31. The highest BCUT2D eigenvalue weighted by molar-refractivity contribution is 9.09. The van der Waals surface area contributed by atoms with Crippen LogP contribution in [0, 0.1) is 0 Å². The zero-order valence-corrected chi connectivity index (χ0v) is 11.8. The highest BCUT2D eigenvalue weighted by atomic mass is 79.9. The average molecular weight is 287 g/mol. The standard InChI is InChI=1S/C8H19BrN2O2S/c1-7(2)10(4)14(12,13)11(5)8(3)6-9/h7-8H,6H2,1-5H3. The lowest BCUT2D eigenvalue weighted by Gasteiger charge is -2.30. The van der Waals surface area contributed by atoms with Gasteiger partial charge in [-0.3, -0.25) is 0 Å². The summed E-state index contributed by atoms with van der Waals surface area (Å²) in [5.41, 5.74) is 0. The van der Waals surface area contributed by atoms with Crippen molar-refractivity contribution in [1.82, 2.24) is 8.61 Å². The Bertz CT molecular complexity index is 267. The summed E-state index contributed by atoms with van der Waals surface area (Å²) >= 11 is 3.27. The van der Waals surface area contributed by atoms with E-state index in [9.17, 15) is 8.42 Å². The van der Waals surface area contributed by atoms with E-state index < -0.39 is 10.2 Å². The molecule has 0 aliphatic heterocycles. The maximum absolute atomic E-state index is 11.9. The Morgan fingerprint density at radius 1 is 1.14 bits per heavy atom. The number of nitrogens with zero attached hydrogens (tertiary/aromatic N) is 2. The van der Waals surface area contributed by atoms with Crippen LogP contribution in [0.15, 0.2) is 0 Å². The van der Waals surface area contributed by atoms with Crippen molar-refractivity contribution in [2.75, 3.05) is 19.4 Å². The van der Waals surface area contributed by atoms with Gasteiger partial charge in [-0.15, -0.1) is 0 Å². The average Bonchev–Trinajstić information content (AvgIpc) is 2.13. The highest BCUT2D eigenvalue weighted by Crippen LogP contribution is 2.12. The van der Waals surface area contributed by atoms with Gasteiger partial charge < -0.3 is 0 Å². The molecule has 0 aliphatic rings. The first-order chi connectivity index (χ1) is 6.25. The Morgan fingerprint density at radius 2 is 1.57 bits per heavy atom. The van der Waals surface area contributed by atoms with Crippen molar-refractivity contribution in [2.24, 2.45) is 0 Å². The summed E-state index contributed by atoms with van der Waals surface area (Å²) < 4.78 is 26.6. The molecule has 0 aromatic heterocycles. The van der Waals surface area contributed by atoms with Gasteiger partial charge in [0.25, 0.3) is 10.2 Å². The first kappa shape index (κ1) is 14.3. The van der Waals surface area contributed by atoms with E-state index in [1.807, 2.05) is 20.8 Å². The summed E-state index contributed by atoms with van der Waals surface area (Å²) in [6.07, 6.45) is 0. The van der Waals surface area contributed by atoms with Crippen molar-refractivity contribution in [1.29, 1.82) is 0 Å². The van der Waals surface area contributed by atoms with Gasteiger partial charge in [0.1, 0.15) is 0 Å². The molecule has 0 rings (SSSR count). The molecule has 1 atom stereocenters. The summed E-state index contributed by atoms with van der Waals surface area (Å²) in [7, 11) is -0.121. The van der Waals surface area contributed by atoms with Gasteiger partial charge in [0.15, 0.2) is 0 Å². The molecule has 0 aromatic rings. The van der Waals surface area contributed by atoms with Gasteiger partial charge in [0.2, 0.25) is 0 Å². The second-order valence-corrected chi connectivity index (χ2v) is 6.33. The molecule has 0 aromatic carbocycles. The van der Waals surface area contributed by atoms with Crippen LogP contribution in [0.2, 0.25) is 0 Å². The van der Waals surface area contributed by atoms with E-state index in [1.54, 1.807) is 14.1 Å². The lowest BCUT2D eigenvalue weighted by Crippen LogP contribution is -2.46. The molecule has 0 amide bonds. The molecule has 0 aliphatic carbocycles. The van der Waals surface area contributed by atoms with E-state index in [1.165, 1.54) is 8.61 Å². The van der Waals surface area contributed by atoms with Gasteiger partial charge in [-0.2, -0.15) is 17.0 Å². The zero-order valence-electron chi connectivity index (χ0n) is 9.36. The molecule has 6 heteroatoms. The van der Waals surface area contributed by atoms with Crippen LogP contribution in [-0.2, 0) is 10.2 Å². The minimum absolute atomic E-state index is 0.0232. The number of alkyl halides is 1. The number of rotatable bonds is 5. The Balaban J connectivity index is 4.79. The van der Waals surface area contributed by atoms with Gasteiger partial charge >= 0.3 is 0 Å². The fourth-order valence-corrected chi connectivity index (χ4v) is 2.89. The predicted octanol–water partition coefficient (Wildman–Crippen LogP) is 1.29. The van der Waals surface area contributed by atoms with Gasteiger partial charge in [-0.1, -0.05) is 15.9 Å². The molecule has 14 heavy (non-hydrogen) atoms. The summed E-state index contributed by atoms with van der Waals surface area (Å²) in [6, 6.07) is -0.0637. The topological polar surface area (TPSA) is 40.6 Å². The molecule has 0 saturated carbocycles. The van der Waals surface area contributed by atoms with Gasteiger partial charge in [-0.05, 0) is 20.8 Å². The highest BCUT2D eigenvalue weighted by Gasteiger charge is 2.28. The molecule has 0 heterocycles. The van der Waals surface area contributed by atoms with Crippen molar-refractivity contribution in [3.8, 4) is 0 Å². The normalized spacial score (nSPS) is 15.5. The summed E-state index contributed by atoms with van der Waals surface area (Å²) in [5, 5.41) is 0.634. The Labute approximate surface area is 95.6 Å². The summed E-state index contributed by atoms with van der Waals surface area (Å²) in [4.78, 5) is 0. The fourth-order valence-electron chi connectivity index (χ4n) is 0.794. The quantitative estimate of drug-likeness (QED) is 0.715. The second-order valence-electron chi connectivity index (χ2n) is 3.64. The van der Waals surface area contributed by atoms with E-state index in [2.05, 4.69) is 15.9 Å². The van der Waals surface area contributed by atoms with Crippen LogP contribution in [0.3, 0.4) is 0 Å². The van der Waals surface area contributed by atoms with Crippen molar-refractivity contribution >= 4 is 26.1 Å². The lowest BCUT2D eigenvalue weighted by atomic mass is 10.4. The van der Waals surface area contributed by atoms with E-state index in [0.29, 0.717) is 5.33 Å². The van der Waals surface area contributed by atoms with Crippen LogP contribution < -0.4 is 0 Å². The third-order valence-electron chi connectivity index (χ3n) is 2.30. The Morgan fingerprint density at radius 3 is 1.86 bits per heavy atom. The number of hydrogen-bond donors (Lipinski definition) is 0. The number of halogens is 1. The van der Waals surface area contributed by atoms with E-state index >= 15 is 0 Å². The fraction of sp³-hybridized carbons (Fsp3) is 1.00. The van der Waals surface area contributed by atoms with Gasteiger partial charge in [0.05, 0.1) is 0 Å². The zero-order chi connectivity index (χ0) is 11.5. The van der Waals surface area contributed by atoms with E-state index in [0.717, 1.165) is 0 Å². The smallest absolute Gasteiger partial charge is 0.195 e.